The molecule has 1 saturated carbocycles. The van der Waals surface area contributed by atoms with Gasteiger partial charge in [0.25, 0.3) is 5.91 Å². The second kappa shape index (κ2) is 9.15. The predicted molar refractivity (Wildman–Crippen MR) is 139 cm³/mol. The topological polar surface area (TPSA) is 94.7 Å². The fourth-order valence-electron chi connectivity index (χ4n) is 6.23. The van der Waals surface area contributed by atoms with Crippen LogP contribution in [0.25, 0.3) is 17.1 Å². The van der Waals surface area contributed by atoms with Crippen LogP contribution in [0.4, 0.5) is 0 Å². The van der Waals surface area contributed by atoms with Crippen LogP contribution < -0.4 is 10.7 Å². The number of aryl methyl sites for hydroxylation is 1. The molecule has 1 amide bonds. The summed E-state index contributed by atoms with van der Waals surface area (Å²) in [7, 11) is 0. The molecule has 0 atom stereocenters. The van der Waals surface area contributed by atoms with Crippen molar-refractivity contribution in [2.24, 2.45) is 0 Å². The summed E-state index contributed by atoms with van der Waals surface area (Å²) in [6.07, 6.45) is 21.4. The Hall–Kier alpha value is -3.55. The van der Waals surface area contributed by atoms with Crippen LogP contribution in [0.3, 0.4) is 0 Å². The predicted octanol–water partition coefficient (Wildman–Crippen LogP) is 4.07. The maximum atomic E-state index is 13.2. The molecule has 186 valence electrons. The number of carbonyl (C=O) groups excluding carboxylic acids is 1. The Labute approximate surface area is 210 Å². The highest BCUT2D eigenvalue weighted by Gasteiger charge is 2.39. The quantitative estimate of drug-likeness (QED) is 0.519. The highest BCUT2D eigenvalue weighted by molar-refractivity contribution is 5.94. The normalized spacial score (nSPS) is 19.8. The highest BCUT2D eigenvalue weighted by Crippen LogP contribution is 2.42. The lowest BCUT2D eigenvalue weighted by molar-refractivity contribution is 0.0943. The highest BCUT2D eigenvalue weighted by atomic mass is 16.2. The molecule has 6 bridgehead atoms. The molecule has 0 aromatic carbocycles. The summed E-state index contributed by atoms with van der Waals surface area (Å²) in [6, 6.07) is 0. The second-order valence-corrected chi connectivity index (χ2v) is 10.5. The van der Waals surface area contributed by atoms with E-state index in [2.05, 4.69) is 56.3 Å². The number of allylic oxidation sites excluding steroid dienone is 3. The van der Waals surface area contributed by atoms with Crippen molar-refractivity contribution in [3.8, 4) is 0 Å². The van der Waals surface area contributed by atoms with Crippen LogP contribution in [0, 0.1) is 6.92 Å². The SMILES string of the molecule is Cc1cn2c3c1C=C(C=CC3)CCCCCNC(=O)c1nn(c3cncnc3c1=O)CC21CCCC1. The lowest BCUT2D eigenvalue weighted by Crippen LogP contribution is -2.39. The Morgan fingerprint density at radius 3 is 2.81 bits per heavy atom. The lowest BCUT2D eigenvalue weighted by atomic mass is 9.96. The summed E-state index contributed by atoms with van der Waals surface area (Å²) in [5.41, 5.74) is 5.43. The summed E-state index contributed by atoms with van der Waals surface area (Å²) in [4.78, 5) is 34.7. The van der Waals surface area contributed by atoms with Crippen molar-refractivity contribution in [2.75, 3.05) is 6.54 Å². The summed E-state index contributed by atoms with van der Waals surface area (Å²) in [5, 5.41) is 7.57. The Morgan fingerprint density at radius 1 is 1.08 bits per heavy atom. The molecule has 0 saturated heterocycles. The summed E-state index contributed by atoms with van der Waals surface area (Å²) in [5.74, 6) is -0.427. The third kappa shape index (κ3) is 3.88. The number of rotatable bonds is 0. The molecular weight excluding hydrogens is 452 g/mol. The maximum Gasteiger partial charge on any atom is 0.275 e. The molecule has 1 spiro atoms. The van der Waals surface area contributed by atoms with Crippen LogP contribution in [-0.4, -0.2) is 36.8 Å². The molecule has 2 aliphatic carbocycles. The van der Waals surface area contributed by atoms with Crippen molar-refractivity contribution in [3.63, 3.8) is 0 Å². The number of nitrogens with one attached hydrogen (secondary N) is 1. The summed E-state index contributed by atoms with van der Waals surface area (Å²) < 4.78 is 4.30. The lowest BCUT2D eigenvalue weighted by Gasteiger charge is -2.34. The molecule has 36 heavy (non-hydrogen) atoms. The number of aromatic nitrogens is 5. The van der Waals surface area contributed by atoms with E-state index in [1.54, 1.807) is 6.20 Å². The van der Waals surface area contributed by atoms with Gasteiger partial charge in [0, 0.05) is 24.9 Å². The number of fused-ring (bicyclic) bond motifs is 5. The molecule has 8 nitrogen and oxygen atoms in total. The molecule has 1 fully saturated rings. The van der Waals surface area contributed by atoms with Gasteiger partial charge >= 0.3 is 0 Å². The molecule has 0 unspecified atom stereocenters. The molecule has 8 heteroatoms. The van der Waals surface area contributed by atoms with Gasteiger partial charge in [-0.3, -0.25) is 14.3 Å². The first-order valence-corrected chi connectivity index (χ1v) is 13.1. The van der Waals surface area contributed by atoms with Crippen molar-refractivity contribution in [3.05, 3.63) is 69.2 Å². The van der Waals surface area contributed by atoms with E-state index in [1.807, 2.05) is 4.68 Å². The van der Waals surface area contributed by atoms with E-state index < -0.39 is 11.3 Å². The number of nitrogens with zero attached hydrogens (tertiary/aromatic N) is 5. The first-order chi connectivity index (χ1) is 17.6. The Balaban J connectivity index is 1.56. The number of amides is 1. The van der Waals surface area contributed by atoms with Gasteiger partial charge in [-0.1, -0.05) is 31.4 Å². The molecule has 3 aliphatic rings. The van der Waals surface area contributed by atoms with Gasteiger partial charge in [-0.15, -0.1) is 0 Å². The van der Waals surface area contributed by atoms with Crippen molar-refractivity contribution in [2.45, 2.75) is 76.8 Å². The van der Waals surface area contributed by atoms with Crippen molar-refractivity contribution >= 4 is 23.0 Å². The third-order valence-electron chi connectivity index (χ3n) is 8.08. The van der Waals surface area contributed by atoms with E-state index in [9.17, 15) is 9.59 Å². The van der Waals surface area contributed by atoms with Gasteiger partial charge in [-0.05, 0) is 61.8 Å². The fourth-order valence-corrected chi connectivity index (χ4v) is 6.23. The van der Waals surface area contributed by atoms with Crippen LogP contribution in [0.1, 0.15) is 78.7 Å². The monoisotopic (exact) mass is 484 g/mol. The standard InChI is InChI=1S/C28H32N6O2/c1-19-16-33-22-10-7-9-20(14-21(19)22)8-3-2-6-13-30-27(36)25-26(35)24-23(15-29-18-31-24)34(32-25)17-28(33)11-4-5-12-28/h7,9,14-16,18H,2-6,8,10-13,17H2,1H3,(H,30,36). The number of hydrogen-bond donors (Lipinski definition) is 1. The fraction of sp³-hybridized carbons (Fsp3) is 0.464. The summed E-state index contributed by atoms with van der Waals surface area (Å²) >= 11 is 0. The van der Waals surface area contributed by atoms with Gasteiger partial charge < -0.3 is 9.88 Å². The zero-order valence-electron chi connectivity index (χ0n) is 20.8. The largest absolute Gasteiger partial charge is 0.351 e. The van der Waals surface area contributed by atoms with E-state index in [-0.39, 0.29) is 16.7 Å². The molecule has 6 rings (SSSR count). The molecular formula is C28H32N6O2. The van der Waals surface area contributed by atoms with Crippen LogP contribution >= 0.6 is 0 Å². The second-order valence-electron chi connectivity index (χ2n) is 10.5. The minimum absolute atomic E-state index is 0.0868. The van der Waals surface area contributed by atoms with Gasteiger partial charge in [0.15, 0.2) is 5.69 Å². The number of hydrogen-bond acceptors (Lipinski definition) is 5. The maximum absolute atomic E-state index is 13.2. The van der Waals surface area contributed by atoms with Crippen LogP contribution in [0.15, 0.2) is 41.2 Å². The van der Waals surface area contributed by atoms with Gasteiger partial charge in [0.2, 0.25) is 5.43 Å². The first kappa shape index (κ1) is 22.9. The molecule has 3 aromatic heterocycles. The van der Waals surface area contributed by atoms with Crippen molar-refractivity contribution in [1.29, 1.82) is 0 Å². The van der Waals surface area contributed by atoms with E-state index in [1.165, 1.54) is 28.7 Å². The molecule has 3 aromatic rings. The van der Waals surface area contributed by atoms with E-state index in [0.717, 1.165) is 57.8 Å². The van der Waals surface area contributed by atoms with Gasteiger partial charge in [0.1, 0.15) is 17.4 Å². The average molecular weight is 485 g/mol. The van der Waals surface area contributed by atoms with Crippen LogP contribution in [0.2, 0.25) is 0 Å². The van der Waals surface area contributed by atoms with Gasteiger partial charge in [-0.25, -0.2) is 9.97 Å². The number of carbonyl (C=O) groups is 1. The van der Waals surface area contributed by atoms with E-state index in [4.69, 9.17) is 0 Å². The Kier molecular flexibility index (Phi) is 5.82. The Bertz CT molecular complexity index is 1450. The smallest absolute Gasteiger partial charge is 0.275 e. The molecule has 1 N–H and O–H groups in total. The molecule has 1 aliphatic heterocycles. The van der Waals surface area contributed by atoms with Crippen molar-refractivity contribution < 1.29 is 4.79 Å². The molecule has 4 heterocycles. The minimum atomic E-state index is -0.437. The van der Waals surface area contributed by atoms with Gasteiger partial charge in [0.05, 0.1) is 18.3 Å². The van der Waals surface area contributed by atoms with Crippen LogP contribution in [0.5, 0.6) is 0 Å². The van der Waals surface area contributed by atoms with E-state index >= 15 is 0 Å². The zero-order chi connectivity index (χ0) is 24.7. The third-order valence-corrected chi connectivity index (χ3v) is 8.08. The first-order valence-electron chi connectivity index (χ1n) is 13.1. The molecule has 0 radical (unpaired) electrons. The zero-order valence-corrected chi connectivity index (χ0v) is 20.8. The Morgan fingerprint density at radius 2 is 1.94 bits per heavy atom. The van der Waals surface area contributed by atoms with Crippen molar-refractivity contribution in [1.82, 2.24) is 29.6 Å². The van der Waals surface area contributed by atoms with Crippen LogP contribution in [-0.2, 0) is 18.5 Å². The minimum Gasteiger partial charge on any atom is -0.351 e. The van der Waals surface area contributed by atoms with E-state index in [0.29, 0.717) is 18.6 Å². The summed E-state index contributed by atoms with van der Waals surface area (Å²) in [6.45, 7) is 3.28. The van der Waals surface area contributed by atoms with Gasteiger partial charge in [-0.2, -0.15) is 5.10 Å². The average Bonchev–Trinajstić information content (AvgIpc) is 3.40.